The smallest absolute Gasteiger partial charge is 0.416 e. The van der Waals surface area contributed by atoms with Crippen LogP contribution in [0.25, 0.3) is 11.1 Å². The van der Waals surface area contributed by atoms with Crippen molar-refractivity contribution in [1.82, 2.24) is 4.90 Å². The molecule has 5 aromatic carbocycles. The number of carboxylic acids is 1. The van der Waals surface area contributed by atoms with E-state index in [0.29, 0.717) is 16.9 Å². The Morgan fingerprint density at radius 3 is 2.00 bits per heavy atom. The number of halogens is 3. The Kier molecular flexibility index (Phi) is 12.2. The summed E-state index contributed by atoms with van der Waals surface area (Å²) in [6.07, 6.45) is -6.19. The summed E-state index contributed by atoms with van der Waals surface area (Å²) in [5, 5.41) is 22.8. The van der Waals surface area contributed by atoms with Crippen LogP contribution in [0.15, 0.2) is 115 Å². The van der Waals surface area contributed by atoms with Gasteiger partial charge in [0.25, 0.3) is 5.91 Å². The molecule has 0 saturated carbocycles. The summed E-state index contributed by atoms with van der Waals surface area (Å²) in [7, 11) is 1.24. The minimum Gasteiger partial charge on any atom is -0.497 e. The number of alkyl halides is 3. The standard InChI is InChI=1S/C41H37F3N2O7/c1-26-3-7-28(8-4-26)29-13-18-34(19-14-29)53-25-37(47)30-9-5-27(6-10-30)23-46(24-39(49)50)40(51)31-11-16-33(17-12-31)45-38(48)21-32-15-20-35(52-2)22-36(32)41(42,43)44/h3-20,22,37,47H,21,23-25H2,1-2H3,(H,45,48)(H,49,50). The lowest BCUT2D eigenvalue weighted by Crippen LogP contribution is -2.35. The summed E-state index contributed by atoms with van der Waals surface area (Å²) in [6.45, 7) is 1.39. The van der Waals surface area contributed by atoms with Gasteiger partial charge in [0.2, 0.25) is 5.91 Å². The number of nitrogens with zero attached hydrogens (tertiary/aromatic N) is 1. The number of carboxylic acid groups (broad SMARTS) is 1. The third-order valence-electron chi connectivity index (χ3n) is 8.39. The van der Waals surface area contributed by atoms with E-state index < -0.39 is 48.6 Å². The first kappa shape index (κ1) is 38.1. The van der Waals surface area contributed by atoms with Crippen LogP contribution < -0.4 is 14.8 Å². The third kappa shape index (κ3) is 10.5. The SMILES string of the molecule is COc1ccc(CC(=O)Nc2ccc(C(=O)N(CC(=O)O)Cc3ccc(C(O)COc4ccc(-c5ccc(C)cc5)cc4)cc3)cc2)c(C(F)(F)F)c1. The van der Waals surface area contributed by atoms with Gasteiger partial charge in [0.15, 0.2) is 0 Å². The number of aliphatic hydroxyl groups is 1. The molecule has 0 spiro atoms. The van der Waals surface area contributed by atoms with Crippen LogP contribution in [0.5, 0.6) is 11.5 Å². The molecule has 0 aliphatic heterocycles. The molecule has 2 amide bonds. The highest BCUT2D eigenvalue weighted by molar-refractivity contribution is 5.97. The van der Waals surface area contributed by atoms with Gasteiger partial charge in [-0.05, 0) is 83.3 Å². The summed E-state index contributed by atoms with van der Waals surface area (Å²) >= 11 is 0. The molecular formula is C41H37F3N2O7. The van der Waals surface area contributed by atoms with Crippen molar-refractivity contribution in [1.29, 1.82) is 0 Å². The number of nitrogens with one attached hydrogen (secondary N) is 1. The van der Waals surface area contributed by atoms with Gasteiger partial charge >= 0.3 is 12.1 Å². The zero-order valence-electron chi connectivity index (χ0n) is 28.9. The topological polar surface area (TPSA) is 125 Å². The maximum atomic E-state index is 13.6. The predicted octanol–water partition coefficient (Wildman–Crippen LogP) is 7.71. The van der Waals surface area contributed by atoms with E-state index in [4.69, 9.17) is 9.47 Å². The van der Waals surface area contributed by atoms with Gasteiger partial charge in [-0.25, -0.2) is 0 Å². The molecule has 274 valence electrons. The fourth-order valence-electron chi connectivity index (χ4n) is 5.55. The molecule has 0 saturated heterocycles. The summed E-state index contributed by atoms with van der Waals surface area (Å²) in [6, 6.07) is 31.4. The second-order valence-electron chi connectivity index (χ2n) is 12.3. The average molecular weight is 727 g/mol. The number of carbonyl (C=O) groups is 3. The van der Waals surface area contributed by atoms with E-state index in [2.05, 4.69) is 5.32 Å². The number of hydrogen-bond acceptors (Lipinski definition) is 6. The summed E-state index contributed by atoms with van der Waals surface area (Å²) < 4.78 is 51.3. The molecule has 0 fully saturated rings. The van der Waals surface area contributed by atoms with Crippen molar-refractivity contribution in [3.05, 3.63) is 149 Å². The molecule has 0 bridgehead atoms. The molecule has 0 radical (unpaired) electrons. The maximum Gasteiger partial charge on any atom is 0.416 e. The lowest BCUT2D eigenvalue weighted by molar-refractivity contribution is -0.139. The molecule has 1 unspecified atom stereocenters. The number of ether oxygens (including phenoxy) is 2. The number of methoxy groups -OCH3 is 1. The largest absolute Gasteiger partial charge is 0.497 e. The van der Waals surface area contributed by atoms with Crippen molar-refractivity contribution in [3.63, 3.8) is 0 Å². The van der Waals surface area contributed by atoms with Gasteiger partial charge in [0, 0.05) is 17.8 Å². The highest BCUT2D eigenvalue weighted by Gasteiger charge is 2.34. The van der Waals surface area contributed by atoms with Gasteiger partial charge < -0.3 is 29.9 Å². The molecule has 5 rings (SSSR count). The van der Waals surface area contributed by atoms with Gasteiger partial charge in [-0.15, -0.1) is 0 Å². The van der Waals surface area contributed by atoms with Crippen LogP contribution in [0.2, 0.25) is 0 Å². The van der Waals surface area contributed by atoms with Gasteiger partial charge in [-0.1, -0.05) is 72.3 Å². The molecule has 5 aromatic rings. The lowest BCUT2D eigenvalue weighted by atomic mass is 10.0. The molecule has 12 heteroatoms. The Balaban J connectivity index is 1.16. The van der Waals surface area contributed by atoms with Crippen LogP contribution in [-0.2, 0) is 28.7 Å². The van der Waals surface area contributed by atoms with Gasteiger partial charge in [0.1, 0.15) is 30.8 Å². The number of aliphatic hydroxyl groups excluding tert-OH is 1. The molecule has 9 nitrogen and oxygen atoms in total. The van der Waals surface area contributed by atoms with E-state index in [0.717, 1.165) is 22.1 Å². The molecule has 0 aliphatic carbocycles. The predicted molar refractivity (Wildman–Crippen MR) is 193 cm³/mol. The Hall–Kier alpha value is -6.14. The Morgan fingerprint density at radius 1 is 0.811 bits per heavy atom. The van der Waals surface area contributed by atoms with E-state index in [-0.39, 0.29) is 35.7 Å². The van der Waals surface area contributed by atoms with Gasteiger partial charge in [-0.2, -0.15) is 13.2 Å². The number of rotatable bonds is 14. The van der Waals surface area contributed by atoms with Gasteiger partial charge in [0.05, 0.1) is 19.1 Å². The second kappa shape index (κ2) is 16.9. The van der Waals surface area contributed by atoms with Crippen molar-refractivity contribution in [2.24, 2.45) is 0 Å². The minimum absolute atomic E-state index is 0.000618. The summed E-state index contributed by atoms with van der Waals surface area (Å²) in [5.41, 5.74) is 3.64. The van der Waals surface area contributed by atoms with Crippen molar-refractivity contribution in [3.8, 4) is 22.6 Å². The second-order valence-corrected chi connectivity index (χ2v) is 12.3. The van der Waals surface area contributed by atoms with Crippen LogP contribution in [0, 0.1) is 6.92 Å². The monoisotopic (exact) mass is 726 g/mol. The van der Waals surface area contributed by atoms with E-state index >= 15 is 0 Å². The third-order valence-corrected chi connectivity index (χ3v) is 8.39. The quantitative estimate of drug-likeness (QED) is 0.107. The molecular weight excluding hydrogens is 689 g/mol. The van der Waals surface area contributed by atoms with Crippen LogP contribution in [0.1, 0.15) is 44.3 Å². The van der Waals surface area contributed by atoms with E-state index in [1.807, 2.05) is 55.5 Å². The number of anilines is 1. The molecule has 3 N–H and O–H groups in total. The number of benzene rings is 5. The average Bonchev–Trinajstić information content (AvgIpc) is 3.14. The molecule has 1 atom stereocenters. The fourth-order valence-corrected chi connectivity index (χ4v) is 5.55. The van der Waals surface area contributed by atoms with Crippen LogP contribution in [0.4, 0.5) is 18.9 Å². The van der Waals surface area contributed by atoms with E-state index in [1.54, 1.807) is 24.3 Å². The minimum atomic E-state index is -4.69. The molecule has 0 aliphatic rings. The maximum absolute atomic E-state index is 13.6. The van der Waals surface area contributed by atoms with E-state index in [1.165, 1.54) is 49.1 Å². The number of amides is 2. The Labute approximate surface area is 304 Å². The first-order valence-electron chi connectivity index (χ1n) is 16.5. The Bertz CT molecular complexity index is 2030. The van der Waals surface area contributed by atoms with Crippen molar-refractivity contribution >= 4 is 23.5 Å². The number of carbonyl (C=O) groups excluding carboxylic acids is 2. The van der Waals surface area contributed by atoms with Crippen molar-refractivity contribution in [2.45, 2.75) is 32.2 Å². The highest BCUT2D eigenvalue weighted by atomic mass is 19.4. The van der Waals surface area contributed by atoms with Crippen molar-refractivity contribution in [2.75, 3.05) is 25.6 Å². The molecule has 0 aromatic heterocycles. The van der Waals surface area contributed by atoms with Crippen molar-refractivity contribution < 1.29 is 47.2 Å². The number of aryl methyl sites for hydroxylation is 1. The number of aliphatic carboxylic acids is 1. The fraction of sp³-hybridized carbons (Fsp3) is 0.195. The summed E-state index contributed by atoms with van der Waals surface area (Å²) in [5.74, 6) is -1.92. The first-order chi connectivity index (χ1) is 25.3. The first-order valence-corrected chi connectivity index (χ1v) is 16.5. The zero-order valence-corrected chi connectivity index (χ0v) is 28.9. The molecule has 0 heterocycles. The van der Waals surface area contributed by atoms with Crippen LogP contribution >= 0.6 is 0 Å². The summed E-state index contributed by atoms with van der Waals surface area (Å²) in [4.78, 5) is 38.8. The van der Waals surface area contributed by atoms with Crippen LogP contribution in [0.3, 0.4) is 0 Å². The Morgan fingerprint density at radius 2 is 1.42 bits per heavy atom. The normalized spacial score (nSPS) is 11.7. The molecule has 53 heavy (non-hydrogen) atoms. The van der Waals surface area contributed by atoms with E-state index in [9.17, 15) is 37.8 Å². The van der Waals surface area contributed by atoms with Gasteiger partial charge in [-0.3, -0.25) is 14.4 Å². The lowest BCUT2D eigenvalue weighted by Gasteiger charge is -2.21. The number of hydrogen-bond donors (Lipinski definition) is 3. The van der Waals surface area contributed by atoms with Crippen LogP contribution in [-0.4, -0.2) is 53.2 Å². The zero-order chi connectivity index (χ0) is 38.1. The highest BCUT2D eigenvalue weighted by Crippen LogP contribution is 2.35.